The van der Waals surface area contributed by atoms with Crippen LogP contribution in [0.1, 0.15) is 37.0 Å². The maximum atomic E-state index is 13.8. The highest BCUT2D eigenvalue weighted by molar-refractivity contribution is 5.90. The Balaban J connectivity index is 1.48. The topological polar surface area (TPSA) is 62.6 Å². The van der Waals surface area contributed by atoms with Gasteiger partial charge in [0, 0.05) is 6.54 Å². The van der Waals surface area contributed by atoms with Crippen molar-refractivity contribution in [2.45, 2.75) is 32.4 Å². The molecular formula is C24H27FN2O3. The van der Waals surface area contributed by atoms with E-state index in [1.165, 1.54) is 6.26 Å². The molecule has 0 aromatic heterocycles. The Labute approximate surface area is 177 Å². The fraction of sp³-hybridized carbons (Fsp3) is 0.417. The summed E-state index contributed by atoms with van der Waals surface area (Å²) in [4.78, 5) is 13.7. The van der Waals surface area contributed by atoms with Gasteiger partial charge < -0.3 is 14.4 Å². The molecule has 0 spiro atoms. The van der Waals surface area contributed by atoms with Crippen LogP contribution in [-0.2, 0) is 4.74 Å². The van der Waals surface area contributed by atoms with E-state index in [4.69, 9.17) is 10.00 Å². The summed E-state index contributed by atoms with van der Waals surface area (Å²) in [5.41, 5.74) is 1.15. The van der Waals surface area contributed by atoms with E-state index in [1.807, 2.05) is 36.4 Å². The SMILES string of the molecule is CC(C)(F)CN1CCC(COc2ccc(-c3ccc(C(=O)OC#N)cc3)cc2)CC1. The number of carbonyl (C=O) groups excluding carboxylic acids is 1. The normalized spacial score (nSPS) is 15.4. The van der Waals surface area contributed by atoms with Crippen LogP contribution >= 0.6 is 0 Å². The van der Waals surface area contributed by atoms with Crippen molar-refractivity contribution in [2.75, 3.05) is 26.2 Å². The fourth-order valence-corrected chi connectivity index (χ4v) is 3.70. The molecule has 2 aromatic rings. The second-order valence-electron chi connectivity index (χ2n) is 8.33. The van der Waals surface area contributed by atoms with Gasteiger partial charge in [0.1, 0.15) is 11.4 Å². The zero-order valence-corrected chi connectivity index (χ0v) is 17.4. The van der Waals surface area contributed by atoms with Crippen LogP contribution in [0.15, 0.2) is 48.5 Å². The van der Waals surface area contributed by atoms with Crippen molar-refractivity contribution in [3.8, 4) is 23.1 Å². The van der Waals surface area contributed by atoms with Crippen molar-refractivity contribution in [1.29, 1.82) is 5.26 Å². The van der Waals surface area contributed by atoms with Crippen molar-refractivity contribution in [3.63, 3.8) is 0 Å². The second kappa shape index (κ2) is 9.73. The zero-order chi connectivity index (χ0) is 21.6. The number of halogens is 1. The number of hydrogen-bond donors (Lipinski definition) is 0. The third-order valence-electron chi connectivity index (χ3n) is 5.24. The van der Waals surface area contributed by atoms with E-state index in [9.17, 15) is 9.18 Å². The van der Waals surface area contributed by atoms with Crippen LogP contribution in [-0.4, -0.2) is 42.8 Å². The lowest BCUT2D eigenvalue weighted by atomic mass is 9.97. The molecule has 0 amide bonds. The van der Waals surface area contributed by atoms with Gasteiger partial charge in [0.2, 0.25) is 0 Å². The number of esters is 1. The maximum Gasteiger partial charge on any atom is 0.353 e. The average molecular weight is 410 g/mol. The van der Waals surface area contributed by atoms with Gasteiger partial charge >= 0.3 is 5.97 Å². The first kappa shape index (κ1) is 21.8. The summed E-state index contributed by atoms with van der Waals surface area (Å²) in [5, 5.41) is 8.41. The first-order valence-corrected chi connectivity index (χ1v) is 10.2. The first-order valence-electron chi connectivity index (χ1n) is 10.2. The van der Waals surface area contributed by atoms with Crippen molar-refractivity contribution in [1.82, 2.24) is 4.90 Å². The van der Waals surface area contributed by atoms with Gasteiger partial charge in [-0.05, 0) is 81.1 Å². The van der Waals surface area contributed by atoms with E-state index in [0.29, 0.717) is 24.6 Å². The Morgan fingerprint density at radius 2 is 1.67 bits per heavy atom. The number of rotatable bonds is 7. The number of carbonyl (C=O) groups is 1. The number of nitrogens with zero attached hydrogens (tertiary/aromatic N) is 2. The summed E-state index contributed by atoms with van der Waals surface area (Å²) in [5.74, 6) is 0.650. The molecule has 0 aliphatic carbocycles. The van der Waals surface area contributed by atoms with E-state index >= 15 is 0 Å². The highest BCUT2D eigenvalue weighted by atomic mass is 19.1. The van der Waals surface area contributed by atoms with Crippen molar-refractivity contribution >= 4 is 5.97 Å². The summed E-state index contributed by atoms with van der Waals surface area (Å²) in [6, 6.07) is 14.7. The predicted molar refractivity (Wildman–Crippen MR) is 113 cm³/mol. The Kier molecular flexibility index (Phi) is 7.07. The number of benzene rings is 2. The Morgan fingerprint density at radius 3 is 2.20 bits per heavy atom. The molecule has 30 heavy (non-hydrogen) atoms. The van der Waals surface area contributed by atoms with Gasteiger partial charge in [-0.15, -0.1) is 5.26 Å². The Hall–Kier alpha value is -2.91. The third-order valence-corrected chi connectivity index (χ3v) is 5.24. The van der Waals surface area contributed by atoms with Crippen LogP contribution in [0.2, 0.25) is 0 Å². The molecule has 0 atom stereocenters. The molecule has 1 saturated heterocycles. The minimum atomic E-state index is -1.15. The van der Waals surface area contributed by atoms with E-state index < -0.39 is 11.6 Å². The largest absolute Gasteiger partial charge is 0.493 e. The summed E-state index contributed by atoms with van der Waals surface area (Å²) in [7, 11) is 0. The van der Waals surface area contributed by atoms with Crippen LogP contribution < -0.4 is 4.74 Å². The Bertz CT molecular complexity index is 875. The van der Waals surface area contributed by atoms with Gasteiger partial charge in [0.25, 0.3) is 6.26 Å². The molecule has 3 rings (SSSR count). The number of hydrogen-bond acceptors (Lipinski definition) is 5. The minimum absolute atomic E-state index is 0.335. The highest BCUT2D eigenvalue weighted by Gasteiger charge is 2.25. The van der Waals surface area contributed by atoms with Crippen molar-refractivity contribution < 1.29 is 18.7 Å². The maximum absolute atomic E-state index is 13.8. The average Bonchev–Trinajstić information content (AvgIpc) is 2.73. The number of piperidine rings is 1. The van der Waals surface area contributed by atoms with Crippen LogP contribution in [0.4, 0.5) is 4.39 Å². The standard InChI is InChI=1S/C24H27FN2O3/c1-24(2,25)16-27-13-11-18(12-14-27)15-29-22-9-7-20(8-10-22)19-3-5-21(6-4-19)23(28)30-17-26/h3-10,18H,11-16H2,1-2H3. The molecule has 1 fully saturated rings. The number of likely N-dealkylation sites (tertiary alicyclic amines) is 1. The molecule has 0 bridgehead atoms. The summed E-state index contributed by atoms with van der Waals surface area (Å²) < 4.78 is 24.1. The van der Waals surface area contributed by atoms with Crippen LogP contribution in [0.25, 0.3) is 11.1 Å². The third kappa shape index (κ3) is 6.30. The smallest absolute Gasteiger partial charge is 0.353 e. The number of nitriles is 1. The lowest BCUT2D eigenvalue weighted by Crippen LogP contribution is -2.41. The van der Waals surface area contributed by atoms with Gasteiger partial charge in [0.05, 0.1) is 12.2 Å². The molecule has 1 aliphatic heterocycles. The summed E-state index contributed by atoms with van der Waals surface area (Å²) >= 11 is 0. The highest BCUT2D eigenvalue weighted by Crippen LogP contribution is 2.25. The molecule has 158 valence electrons. The van der Waals surface area contributed by atoms with E-state index in [0.717, 1.165) is 42.8 Å². The fourth-order valence-electron chi connectivity index (χ4n) is 3.70. The van der Waals surface area contributed by atoms with Gasteiger partial charge in [0.15, 0.2) is 0 Å². The van der Waals surface area contributed by atoms with Gasteiger partial charge in [-0.3, -0.25) is 0 Å². The van der Waals surface area contributed by atoms with E-state index in [2.05, 4.69) is 9.64 Å². The lowest BCUT2D eigenvalue weighted by Gasteiger charge is -2.34. The minimum Gasteiger partial charge on any atom is -0.493 e. The van der Waals surface area contributed by atoms with Crippen LogP contribution in [0.3, 0.4) is 0 Å². The quantitative estimate of drug-likeness (QED) is 0.483. The summed E-state index contributed by atoms with van der Waals surface area (Å²) in [6.07, 6.45) is 3.43. The zero-order valence-electron chi connectivity index (χ0n) is 17.4. The Morgan fingerprint density at radius 1 is 1.10 bits per heavy atom. The van der Waals surface area contributed by atoms with Crippen molar-refractivity contribution in [3.05, 3.63) is 54.1 Å². The molecule has 0 unspecified atom stereocenters. The van der Waals surface area contributed by atoms with Gasteiger partial charge in [-0.1, -0.05) is 24.3 Å². The molecule has 2 aromatic carbocycles. The van der Waals surface area contributed by atoms with Crippen LogP contribution in [0.5, 0.6) is 5.75 Å². The first-order chi connectivity index (χ1) is 14.3. The van der Waals surface area contributed by atoms with Crippen LogP contribution in [0, 0.1) is 17.4 Å². The second-order valence-corrected chi connectivity index (χ2v) is 8.33. The van der Waals surface area contributed by atoms with Gasteiger partial charge in [-0.2, -0.15) is 0 Å². The lowest BCUT2D eigenvalue weighted by molar-refractivity contribution is 0.0685. The number of ether oxygens (including phenoxy) is 2. The molecule has 0 radical (unpaired) electrons. The molecule has 6 heteroatoms. The van der Waals surface area contributed by atoms with E-state index in [1.54, 1.807) is 26.0 Å². The number of alkyl halides is 1. The van der Waals surface area contributed by atoms with E-state index in [-0.39, 0.29) is 0 Å². The van der Waals surface area contributed by atoms with Crippen molar-refractivity contribution in [2.24, 2.45) is 5.92 Å². The molecular weight excluding hydrogens is 383 g/mol. The molecule has 0 saturated carbocycles. The molecule has 0 N–H and O–H groups in total. The monoisotopic (exact) mass is 410 g/mol. The predicted octanol–water partition coefficient (Wildman–Crippen LogP) is 4.83. The molecule has 1 heterocycles. The van der Waals surface area contributed by atoms with Gasteiger partial charge in [-0.25, -0.2) is 9.18 Å². The summed E-state index contributed by atoms with van der Waals surface area (Å²) in [6.45, 7) is 6.24. The molecule has 5 nitrogen and oxygen atoms in total. The molecule has 1 aliphatic rings.